The van der Waals surface area contributed by atoms with Crippen molar-refractivity contribution in [2.75, 3.05) is 12.4 Å². The Bertz CT molecular complexity index is 1290. The van der Waals surface area contributed by atoms with E-state index in [0.29, 0.717) is 0 Å². The van der Waals surface area contributed by atoms with Gasteiger partial charge in [0, 0.05) is 24.0 Å². The minimum Gasteiger partial charge on any atom is -0.493 e. The second-order valence-electron chi connectivity index (χ2n) is 6.70. The number of benzene rings is 2. The van der Waals surface area contributed by atoms with Crippen molar-refractivity contribution in [1.29, 1.82) is 0 Å². The summed E-state index contributed by atoms with van der Waals surface area (Å²) >= 11 is 0. The number of halogens is 4. The maximum absolute atomic E-state index is 13.5. The number of pyridine rings is 1. The molecule has 9 nitrogen and oxygen atoms in total. The summed E-state index contributed by atoms with van der Waals surface area (Å²) in [7, 11) is -3.56. The molecule has 3 N–H and O–H groups in total. The van der Waals surface area contributed by atoms with E-state index in [2.05, 4.69) is 9.84 Å². The van der Waals surface area contributed by atoms with Gasteiger partial charge in [0.1, 0.15) is 12.5 Å². The Morgan fingerprint density at radius 3 is 2.35 bits per heavy atom. The van der Waals surface area contributed by atoms with Crippen LogP contribution in [0.4, 0.5) is 28.9 Å². The van der Waals surface area contributed by atoms with Crippen LogP contribution in [0.3, 0.4) is 0 Å². The fraction of sp³-hybridized carbons (Fsp3) is 0.150. The van der Waals surface area contributed by atoms with Gasteiger partial charge in [-0.15, -0.1) is 0 Å². The number of phosphoric ester groups is 1. The van der Waals surface area contributed by atoms with Crippen molar-refractivity contribution in [3.05, 3.63) is 76.5 Å². The number of hydrogen-bond donors (Lipinski definition) is 3. The number of nitrogens with one attached hydrogen (secondary N) is 1. The molecule has 34 heavy (non-hydrogen) atoms. The summed E-state index contributed by atoms with van der Waals surface area (Å²) < 4.78 is 79.8. The van der Waals surface area contributed by atoms with Crippen LogP contribution < -0.4 is 20.3 Å². The van der Waals surface area contributed by atoms with E-state index in [1.165, 1.54) is 19.2 Å². The van der Waals surface area contributed by atoms with Crippen LogP contribution in [0.5, 0.6) is 17.2 Å². The number of alkyl halides is 3. The van der Waals surface area contributed by atoms with Gasteiger partial charge >= 0.3 is 14.0 Å². The van der Waals surface area contributed by atoms with Gasteiger partial charge in [0.15, 0.2) is 17.2 Å². The zero-order chi connectivity index (χ0) is 25.1. The molecule has 1 heterocycles. The molecule has 0 amide bonds. The van der Waals surface area contributed by atoms with Crippen LogP contribution in [-0.4, -0.2) is 21.5 Å². The smallest absolute Gasteiger partial charge is 0.471 e. The lowest BCUT2D eigenvalue weighted by atomic mass is 10.1. The minimum absolute atomic E-state index is 0.00139. The van der Waals surface area contributed by atoms with E-state index < -0.39 is 37.7 Å². The van der Waals surface area contributed by atoms with E-state index in [9.17, 15) is 26.9 Å². The van der Waals surface area contributed by atoms with Crippen molar-refractivity contribution in [2.45, 2.75) is 12.9 Å². The summed E-state index contributed by atoms with van der Waals surface area (Å²) in [5, 5.41) is 2.65. The summed E-state index contributed by atoms with van der Waals surface area (Å²) in [5.74, 6) is -0.680. The SMILES string of the molecule is COc1cc(F)ccc1Oc1ccc(C(F)(F)F)cc1Nc1ccn(COP(=O)(O)O)c(=O)c1. The minimum atomic E-state index is -4.82. The second-order valence-corrected chi connectivity index (χ2v) is 7.94. The highest BCUT2D eigenvalue weighted by molar-refractivity contribution is 7.46. The van der Waals surface area contributed by atoms with Gasteiger partial charge in [-0.1, -0.05) is 0 Å². The molecule has 0 aliphatic carbocycles. The molecule has 0 radical (unpaired) electrons. The van der Waals surface area contributed by atoms with Gasteiger partial charge < -0.3 is 24.6 Å². The third-order valence-electron chi connectivity index (χ3n) is 4.29. The van der Waals surface area contributed by atoms with Crippen LogP contribution in [0, 0.1) is 5.82 Å². The molecular weight excluding hydrogens is 487 g/mol. The summed E-state index contributed by atoms with van der Waals surface area (Å²) in [6.07, 6.45) is -3.55. The average Bonchev–Trinajstić information content (AvgIpc) is 2.74. The fourth-order valence-corrected chi connectivity index (χ4v) is 3.00. The second kappa shape index (κ2) is 9.85. The van der Waals surface area contributed by atoms with Crippen molar-refractivity contribution in [2.24, 2.45) is 0 Å². The van der Waals surface area contributed by atoms with E-state index >= 15 is 0 Å². The van der Waals surface area contributed by atoms with Gasteiger partial charge in [-0.05, 0) is 36.4 Å². The first-order chi connectivity index (χ1) is 15.9. The Morgan fingerprint density at radius 2 is 1.74 bits per heavy atom. The number of anilines is 2. The van der Waals surface area contributed by atoms with Crippen LogP contribution in [0.15, 0.2) is 59.5 Å². The lowest BCUT2D eigenvalue weighted by Gasteiger charge is -2.17. The molecule has 0 spiro atoms. The van der Waals surface area contributed by atoms with E-state index in [-0.39, 0.29) is 28.6 Å². The number of rotatable bonds is 8. The van der Waals surface area contributed by atoms with Crippen molar-refractivity contribution < 1.29 is 45.9 Å². The molecule has 0 saturated carbocycles. The molecule has 3 aromatic rings. The molecule has 14 heteroatoms. The largest absolute Gasteiger partial charge is 0.493 e. The third-order valence-corrected chi connectivity index (χ3v) is 4.74. The highest BCUT2D eigenvalue weighted by atomic mass is 31.2. The van der Waals surface area contributed by atoms with Crippen molar-refractivity contribution in [3.63, 3.8) is 0 Å². The zero-order valence-electron chi connectivity index (χ0n) is 17.2. The van der Waals surface area contributed by atoms with Gasteiger partial charge in [0.2, 0.25) is 0 Å². The Morgan fingerprint density at radius 1 is 1.03 bits per heavy atom. The Kier molecular flexibility index (Phi) is 7.32. The summed E-state index contributed by atoms with van der Waals surface area (Å²) in [6.45, 7) is -0.744. The zero-order valence-corrected chi connectivity index (χ0v) is 18.1. The van der Waals surface area contributed by atoms with Crippen molar-refractivity contribution in [1.82, 2.24) is 4.57 Å². The molecule has 0 unspecified atom stereocenters. The topological polar surface area (TPSA) is 119 Å². The number of nitrogens with zero attached hydrogens (tertiary/aromatic N) is 1. The quantitative estimate of drug-likeness (QED) is 0.301. The first-order valence-electron chi connectivity index (χ1n) is 9.26. The van der Waals surface area contributed by atoms with E-state index in [0.717, 1.165) is 47.2 Å². The molecule has 0 fully saturated rings. The van der Waals surface area contributed by atoms with Gasteiger partial charge in [0.05, 0.1) is 18.4 Å². The summed E-state index contributed by atoms with van der Waals surface area (Å²) in [4.78, 5) is 29.7. The standard InChI is InChI=1S/C20H17F4N2O7P/c1-31-18-9-13(21)3-5-17(18)33-16-4-2-12(20(22,23)24)8-15(16)25-14-6-7-26(19(27)10-14)11-32-34(28,29)30/h2-10,25H,11H2,1H3,(H2,28,29,30). The third kappa shape index (κ3) is 6.58. The first-order valence-corrected chi connectivity index (χ1v) is 10.8. The van der Waals surface area contributed by atoms with Crippen molar-refractivity contribution in [3.8, 4) is 17.2 Å². The molecular formula is C20H17F4N2O7P. The van der Waals surface area contributed by atoms with Crippen LogP contribution in [0.25, 0.3) is 0 Å². The van der Waals surface area contributed by atoms with Gasteiger partial charge in [-0.2, -0.15) is 13.2 Å². The van der Waals surface area contributed by atoms with Crippen LogP contribution in [-0.2, 0) is 22.0 Å². The van der Waals surface area contributed by atoms with Crippen molar-refractivity contribution >= 4 is 19.2 Å². The number of methoxy groups -OCH3 is 1. The molecule has 2 aromatic carbocycles. The average molecular weight is 504 g/mol. The predicted molar refractivity (Wildman–Crippen MR) is 112 cm³/mol. The highest BCUT2D eigenvalue weighted by Gasteiger charge is 2.31. The Labute approximate surface area is 189 Å². The number of aromatic nitrogens is 1. The lowest BCUT2D eigenvalue weighted by molar-refractivity contribution is -0.137. The molecule has 0 bridgehead atoms. The van der Waals surface area contributed by atoms with Gasteiger partial charge in [0.25, 0.3) is 5.56 Å². The van der Waals surface area contributed by atoms with Crippen LogP contribution in [0.1, 0.15) is 5.56 Å². The molecule has 1 aromatic heterocycles. The molecule has 182 valence electrons. The van der Waals surface area contributed by atoms with Crippen LogP contribution >= 0.6 is 7.82 Å². The Balaban J connectivity index is 1.95. The fourth-order valence-electron chi connectivity index (χ4n) is 2.72. The first kappa shape index (κ1) is 25.2. The summed E-state index contributed by atoms with van der Waals surface area (Å²) in [6, 6.07) is 8.18. The number of phosphoric acid groups is 1. The maximum atomic E-state index is 13.5. The number of hydrogen-bond acceptors (Lipinski definition) is 6. The molecule has 0 aliphatic rings. The highest BCUT2D eigenvalue weighted by Crippen LogP contribution is 2.40. The predicted octanol–water partition coefficient (Wildman–Crippen LogP) is 4.62. The molecule has 3 rings (SSSR count). The maximum Gasteiger partial charge on any atom is 0.471 e. The van der Waals surface area contributed by atoms with Gasteiger partial charge in [-0.3, -0.25) is 13.9 Å². The lowest BCUT2D eigenvalue weighted by Crippen LogP contribution is -2.19. The number of ether oxygens (including phenoxy) is 2. The Hall–Kier alpha value is -3.38. The summed E-state index contributed by atoms with van der Waals surface area (Å²) in [5.41, 5.74) is -1.89. The monoisotopic (exact) mass is 504 g/mol. The van der Waals surface area contributed by atoms with E-state index in [4.69, 9.17) is 19.3 Å². The molecule has 0 atom stereocenters. The van der Waals surface area contributed by atoms with E-state index in [1.54, 1.807) is 0 Å². The molecule has 0 aliphatic heterocycles. The van der Waals surface area contributed by atoms with Crippen LogP contribution in [0.2, 0.25) is 0 Å². The van der Waals surface area contributed by atoms with E-state index in [1.807, 2.05) is 0 Å². The normalized spacial score (nSPS) is 11.9. The molecule has 0 saturated heterocycles. The van der Waals surface area contributed by atoms with Gasteiger partial charge in [-0.25, -0.2) is 8.96 Å².